The quantitative estimate of drug-likeness (QED) is 0.340. The zero-order chi connectivity index (χ0) is 31.4. The number of amides is 2. The molecule has 11 nitrogen and oxygen atoms in total. The fraction of sp³-hybridized carbons (Fsp3) is 0.517. The van der Waals surface area contributed by atoms with Crippen LogP contribution in [0.5, 0.6) is 5.75 Å². The summed E-state index contributed by atoms with van der Waals surface area (Å²) in [7, 11) is -4.11. The number of aliphatic hydroxyl groups excluding tert-OH is 1. The van der Waals surface area contributed by atoms with Crippen LogP contribution in [0.3, 0.4) is 0 Å². The van der Waals surface area contributed by atoms with Gasteiger partial charge in [0.1, 0.15) is 11.8 Å². The number of rotatable bonds is 10. The maximum atomic E-state index is 13.9. The van der Waals surface area contributed by atoms with Gasteiger partial charge in [-0.2, -0.15) is 8.78 Å². The highest BCUT2D eigenvalue weighted by Gasteiger charge is 2.39. The van der Waals surface area contributed by atoms with Crippen LogP contribution in [-0.4, -0.2) is 75.5 Å². The van der Waals surface area contributed by atoms with Gasteiger partial charge in [-0.15, -0.1) is 0 Å². The summed E-state index contributed by atoms with van der Waals surface area (Å²) in [5.74, 6) is -1.65. The van der Waals surface area contributed by atoms with Crippen molar-refractivity contribution in [2.45, 2.75) is 69.7 Å². The van der Waals surface area contributed by atoms with Crippen LogP contribution < -0.4 is 20.3 Å². The number of alkyl halides is 2. The fourth-order valence-electron chi connectivity index (χ4n) is 4.89. The van der Waals surface area contributed by atoms with Gasteiger partial charge >= 0.3 is 6.61 Å². The van der Waals surface area contributed by atoms with E-state index in [0.717, 1.165) is 12.8 Å². The Bertz CT molecular complexity index is 1390. The number of ether oxygens (including phenoxy) is 3. The third kappa shape index (κ3) is 8.92. The molecule has 0 bridgehead atoms. The summed E-state index contributed by atoms with van der Waals surface area (Å²) in [6.07, 6.45) is -0.0409. The van der Waals surface area contributed by atoms with E-state index in [1.165, 1.54) is 47.4 Å². The van der Waals surface area contributed by atoms with E-state index >= 15 is 0 Å². The van der Waals surface area contributed by atoms with Crippen LogP contribution in [0, 0.1) is 5.92 Å². The van der Waals surface area contributed by atoms with Crippen LogP contribution in [0.2, 0.25) is 0 Å². The number of hydrogen-bond acceptors (Lipinski definition) is 9. The lowest BCUT2D eigenvalue weighted by Crippen LogP contribution is -2.53. The van der Waals surface area contributed by atoms with Crippen molar-refractivity contribution in [1.29, 1.82) is 0 Å². The topological polar surface area (TPSA) is 144 Å². The number of nitrogens with zero attached hydrogens (tertiary/aromatic N) is 1. The molecule has 0 radical (unpaired) electrons. The molecule has 2 aliphatic heterocycles. The van der Waals surface area contributed by atoms with Crippen molar-refractivity contribution in [3.63, 3.8) is 0 Å². The molecule has 2 atom stereocenters. The first-order valence-electron chi connectivity index (χ1n) is 13.9. The van der Waals surface area contributed by atoms with Crippen LogP contribution in [0.15, 0.2) is 47.4 Å². The summed E-state index contributed by atoms with van der Waals surface area (Å²) in [6, 6.07) is 8.16. The molecule has 236 valence electrons. The minimum Gasteiger partial charge on any atom is -0.435 e. The highest BCUT2D eigenvalue weighted by molar-refractivity contribution is 7.91. The van der Waals surface area contributed by atoms with Crippen molar-refractivity contribution in [2.24, 2.45) is 5.92 Å². The van der Waals surface area contributed by atoms with Crippen LogP contribution in [0.1, 0.15) is 49.5 Å². The molecule has 14 heteroatoms. The summed E-state index contributed by atoms with van der Waals surface area (Å²) in [4.78, 5) is 28.0. The van der Waals surface area contributed by atoms with Gasteiger partial charge in [0.05, 0.1) is 28.5 Å². The van der Waals surface area contributed by atoms with E-state index in [2.05, 4.69) is 15.4 Å². The normalized spacial score (nSPS) is 19.9. The second-order valence-electron chi connectivity index (χ2n) is 11.5. The fourth-order valence-corrected chi connectivity index (χ4v) is 6.51. The number of benzene rings is 2. The molecule has 0 aromatic heterocycles. The zero-order valence-corrected chi connectivity index (χ0v) is 25.0. The van der Waals surface area contributed by atoms with Crippen molar-refractivity contribution >= 4 is 27.3 Å². The average Bonchev–Trinajstić information content (AvgIpc) is 3.00. The first-order chi connectivity index (χ1) is 20.2. The van der Waals surface area contributed by atoms with E-state index in [1.54, 1.807) is 20.8 Å². The second-order valence-corrected chi connectivity index (χ2v) is 13.5. The first-order valence-corrected chi connectivity index (χ1v) is 15.6. The van der Waals surface area contributed by atoms with Crippen molar-refractivity contribution in [3.05, 3.63) is 53.6 Å². The molecule has 2 aromatic carbocycles. The van der Waals surface area contributed by atoms with E-state index < -0.39 is 52.1 Å². The molecular weight excluding hydrogens is 588 g/mol. The number of anilines is 1. The standard InChI is InChI=1S/C29H37F2N3O8S/c1-29(2,3)42-28(37)33-22-17-43(38,39)24-9-6-20(25(35)32-15-18-10-12-40-13-11-18)14-23(24)34(26(22)36)16-19-4-7-21(8-5-19)41-27(30)31/h4-9,14,18,22,27-28,33,37H,10-13,15-17H2,1-3H3,(H,32,35)/t22-,28?/m0/s1. The average molecular weight is 626 g/mol. The molecule has 4 rings (SSSR count). The van der Waals surface area contributed by atoms with Crippen molar-refractivity contribution in [1.82, 2.24) is 10.6 Å². The Morgan fingerprint density at radius 3 is 2.44 bits per heavy atom. The van der Waals surface area contributed by atoms with E-state index in [1.807, 2.05) is 0 Å². The molecule has 2 aliphatic rings. The van der Waals surface area contributed by atoms with Crippen LogP contribution in [0.4, 0.5) is 14.5 Å². The lowest BCUT2D eigenvalue weighted by atomic mass is 10.0. The molecule has 2 amide bonds. The van der Waals surface area contributed by atoms with Crippen LogP contribution in [-0.2, 0) is 30.7 Å². The highest BCUT2D eigenvalue weighted by atomic mass is 32.2. The molecule has 43 heavy (non-hydrogen) atoms. The molecular formula is C29H37F2N3O8S. The van der Waals surface area contributed by atoms with Crippen molar-refractivity contribution in [2.75, 3.05) is 30.4 Å². The Morgan fingerprint density at radius 2 is 1.81 bits per heavy atom. The Labute approximate surface area is 249 Å². The largest absolute Gasteiger partial charge is 0.435 e. The molecule has 0 spiro atoms. The van der Waals surface area contributed by atoms with Crippen LogP contribution in [0.25, 0.3) is 0 Å². The van der Waals surface area contributed by atoms with Gasteiger partial charge in [0.15, 0.2) is 9.84 Å². The summed E-state index contributed by atoms with van der Waals surface area (Å²) < 4.78 is 67.5. The number of fused-ring (bicyclic) bond motifs is 1. The number of carbonyl (C=O) groups excluding carboxylic acids is 2. The van der Waals surface area contributed by atoms with E-state index in [9.17, 15) is 31.9 Å². The number of hydrogen-bond donors (Lipinski definition) is 3. The number of aliphatic hydroxyl groups is 1. The van der Waals surface area contributed by atoms with Crippen molar-refractivity contribution in [3.8, 4) is 5.75 Å². The SMILES string of the molecule is CC(C)(C)OC(O)N[C@H]1CS(=O)(=O)c2ccc(C(=O)NCC3CCOCC3)cc2N(Cc2ccc(OC(F)F)cc2)C1=O. The summed E-state index contributed by atoms with van der Waals surface area (Å²) >= 11 is 0. The maximum Gasteiger partial charge on any atom is 0.387 e. The Kier molecular flexibility index (Phi) is 10.4. The first kappa shape index (κ1) is 32.7. The van der Waals surface area contributed by atoms with Gasteiger partial charge in [-0.3, -0.25) is 14.9 Å². The van der Waals surface area contributed by atoms with Gasteiger partial charge in [0.25, 0.3) is 5.91 Å². The Hall–Kier alpha value is -3.17. The third-order valence-corrected chi connectivity index (χ3v) is 8.78. The maximum absolute atomic E-state index is 13.9. The molecule has 1 saturated heterocycles. The highest BCUT2D eigenvalue weighted by Crippen LogP contribution is 2.33. The molecule has 0 aliphatic carbocycles. The molecule has 1 fully saturated rings. The molecule has 0 saturated carbocycles. The van der Waals surface area contributed by atoms with E-state index in [4.69, 9.17) is 9.47 Å². The lowest BCUT2D eigenvalue weighted by Gasteiger charge is -2.29. The van der Waals surface area contributed by atoms with Crippen molar-refractivity contribution < 1.29 is 46.1 Å². The van der Waals surface area contributed by atoms with Crippen LogP contribution >= 0.6 is 0 Å². The van der Waals surface area contributed by atoms with Gasteiger partial charge in [-0.05, 0) is 75.4 Å². The van der Waals surface area contributed by atoms with Gasteiger partial charge in [0.2, 0.25) is 12.3 Å². The van der Waals surface area contributed by atoms with Gasteiger partial charge in [-0.1, -0.05) is 12.1 Å². The Balaban J connectivity index is 1.67. The number of halogens is 2. The predicted octanol–water partition coefficient (Wildman–Crippen LogP) is 2.81. The van der Waals surface area contributed by atoms with Gasteiger partial charge < -0.3 is 29.5 Å². The van der Waals surface area contributed by atoms with Gasteiger partial charge in [-0.25, -0.2) is 8.42 Å². The number of sulfone groups is 1. The van der Waals surface area contributed by atoms with E-state index in [-0.39, 0.29) is 34.4 Å². The summed E-state index contributed by atoms with van der Waals surface area (Å²) in [6.45, 7) is 3.52. The predicted molar refractivity (Wildman–Crippen MR) is 152 cm³/mol. The van der Waals surface area contributed by atoms with Gasteiger partial charge in [0, 0.05) is 25.3 Å². The summed E-state index contributed by atoms with van der Waals surface area (Å²) in [5, 5.41) is 15.9. The number of nitrogens with one attached hydrogen (secondary N) is 2. The molecule has 2 heterocycles. The molecule has 2 aromatic rings. The molecule has 3 N–H and O–H groups in total. The monoisotopic (exact) mass is 625 g/mol. The minimum absolute atomic E-state index is 0.0212. The Morgan fingerprint density at radius 1 is 1.14 bits per heavy atom. The lowest BCUT2D eigenvalue weighted by molar-refractivity contribution is -0.185. The molecule has 1 unspecified atom stereocenters. The third-order valence-electron chi connectivity index (χ3n) is 6.99. The zero-order valence-electron chi connectivity index (χ0n) is 24.2. The number of carbonyl (C=O) groups is 2. The second kappa shape index (κ2) is 13.6. The summed E-state index contributed by atoms with van der Waals surface area (Å²) in [5.41, 5.74) is -0.203. The smallest absolute Gasteiger partial charge is 0.387 e. The minimum atomic E-state index is -4.11. The van der Waals surface area contributed by atoms with E-state index in [0.29, 0.717) is 25.3 Å².